The summed E-state index contributed by atoms with van der Waals surface area (Å²) in [7, 11) is 0. The van der Waals surface area contributed by atoms with E-state index in [4.69, 9.17) is 4.74 Å². The molecule has 1 saturated heterocycles. The zero-order chi connectivity index (χ0) is 22.7. The van der Waals surface area contributed by atoms with E-state index in [0.717, 1.165) is 16.8 Å². The molecule has 0 aromatic heterocycles. The molecular formula is C22H23N3O6. The number of amides is 2. The molecule has 0 aliphatic carbocycles. The molecule has 1 atom stereocenters. The number of rotatable bonds is 6. The molecule has 1 heterocycles. The van der Waals surface area contributed by atoms with Gasteiger partial charge in [-0.25, -0.2) is 0 Å². The van der Waals surface area contributed by atoms with Crippen LogP contribution in [-0.4, -0.2) is 35.9 Å². The maximum absolute atomic E-state index is 12.4. The number of carbonyl (C=O) groups excluding carboxylic acids is 3. The van der Waals surface area contributed by atoms with Crippen molar-refractivity contribution in [1.82, 2.24) is 0 Å². The van der Waals surface area contributed by atoms with E-state index < -0.39 is 29.3 Å². The number of esters is 1. The summed E-state index contributed by atoms with van der Waals surface area (Å²) >= 11 is 0. The van der Waals surface area contributed by atoms with Crippen LogP contribution in [0.25, 0.3) is 0 Å². The second-order valence-electron chi connectivity index (χ2n) is 7.61. The van der Waals surface area contributed by atoms with E-state index in [1.54, 1.807) is 11.8 Å². The third-order valence-electron chi connectivity index (χ3n) is 5.15. The lowest BCUT2D eigenvalue weighted by molar-refractivity contribution is -0.385. The SMILES string of the molecule is Cc1ccc(C)c(N2C[C@H](C(=O)OCC(=O)Nc3ccc(C)c([N+](=O)[O-])c3)CC2=O)c1. The highest BCUT2D eigenvalue weighted by atomic mass is 16.6. The first-order valence-electron chi connectivity index (χ1n) is 9.75. The van der Waals surface area contributed by atoms with Gasteiger partial charge >= 0.3 is 5.97 Å². The summed E-state index contributed by atoms with van der Waals surface area (Å²) in [5.41, 5.74) is 3.28. The number of ether oxygens (including phenoxy) is 1. The number of carbonyl (C=O) groups is 3. The third kappa shape index (κ3) is 5.06. The Bertz CT molecular complexity index is 1070. The van der Waals surface area contributed by atoms with Crippen LogP contribution in [0.2, 0.25) is 0 Å². The fourth-order valence-electron chi connectivity index (χ4n) is 3.44. The zero-order valence-electron chi connectivity index (χ0n) is 17.5. The highest BCUT2D eigenvalue weighted by molar-refractivity contribution is 6.00. The number of nitro benzene ring substituents is 1. The molecule has 3 rings (SSSR count). The van der Waals surface area contributed by atoms with Gasteiger partial charge in [0.25, 0.3) is 11.6 Å². The van der Waals surface area contributed by atoms with Crippen LogP contribution in [0, 0.1) is 36.8 Å². The molecule has 1 aliphatic rings. The predicted octanol–water partition coefficient (Wildman–Crippen LogP) is 3.05. The van der Waals surface area contributed by atoms with Crippen molar-refractivity contribution in [3.63, 3.8) is 0 Å². The Balaban J connectivity index is 1.57. The van der Waals surface area contributed by atoms with Gasteiger partial charge in [0.05, 0.1) is 10.8 Å². The predicted molar refractivity (Wildman–Crippen MR) is 114 cm³/mol. The lowest BCUT2D eigenvalue weighted by Crippen LogP contribution is -2.28. The van der Waals surface area contributed by atoms with Crippen LogP contribution >= 0.6 is 0 Å². The van der Waals surface area contributed by atoms with Gasteiger partial charge < -0.3 is 15.0 Å². The summed E-state index contributed by atoms with van der Waals surface area (Å²) < 4.78 is 5.08. The summed E-state index contributed by atoms with van der Waals surface area (Å²) in [6.07, 6.45) is 0.0119. The van der Waals surface area contributed by atoms with Crippen LogP contribution in [-0.2, 0) is 19.1 Å². The largest absolute Gasteiger partial charge is 0.455 e. The van der Waals surface area contributed by atoms with E-state index in [1.807, 2.05) is 32.0 Å². The highest BCUT2D eigenvalue weighted by Gasteiger charge is 2.37. The number of nitro groups is 1. The Labute approximate surface area is 179 Å². The third-order valence-corrected chi connectivity index (χ3v) is 5.15. The van der Waals surface area contributed by atoms with Crippen molar-refractivity contribution >= 4 is 34.8 Å². The van der Waals surface area contributed by atoms with Crippen LogP contribution in [0.1, 0.15) is 23.1 Å². The van der Waals surface area contributed by atoms with E-state index >= 15 is 0 Å². The van der Waals surface area contributed by atoms with Gasteiger partial charge in [-0.2, -0.15) is 0 Å². The molecule has 31 heavy (non-hydrogen) atoms. The van der Waals surface area contributed by atoms with Gasteiger partial charge in [-0.15, -0.1) is 0 Å². The second-order valence-corrected chi connectivity index (χ2v) is 7.61. The number of hydrogen-bond donors (Lipinski definition) is 1. The number of nitrogens with zero attached hydrogens (tertiary/aromatic N) is 2. The summed E-state index contributed by atoms with van der Waals surface area (Å²) in [4.78, 5) is 49.0. The molecule has 0 saturated carbocycles. The minimum Gasteiger partial charge on any atom is -0.455 e. The molecule has 2 aromatic rings. The molecule has 9 heteroatoms. The first kappa shape index (κ1) is 21.9. The molecule has 2 amide bonds. The summed E-state index contributed by atoms with van der Waals surface area (Å²) in [5, 5.41) is 13.5. The Morgan fingerprint density at radius 2 is 1.87 bits per heavy atom. The number of nitrogens with one attached hydrogen (secondary N) is 1. The van der Waals surface area contributed by atoms with Crippen molar-refractivity contribution < 1.29 is 24.0 Å². The van der Waals surface area contributed by atoms with Crippen LogP contribution in [0.4, 0.5) is 17.1 Å². The Hall–Kier alpha value is -3.75. The number of aryl methyl sites for hydroxylation is 3. The molecule has 0 spiro atoms. The van der Waals surface area contributed by atoms with Crippen molar-refractivity contribution in [2.45, 2.75) is 27.2 Å². The van der Waals surface area contributed by atoms with Crippen LogP contribution in [0.3, 0.4) is 0 Å². The van der Waals surface area contributed by atoms with Crippen LogP contribution in [0.5, 0.6) is 0 Å². The quantitative estimate of drug-likeness (QED) is 0.432. The van der Waals surface area contributed by atoms with Crippen molar-refractivity contribution in [2.24, 2.45) is 5.92 Å². The molecule has 1 aliphatic heterocycles. The average molecular weight is 425 g/mol. The first-order valence-corrected chi connectivity index (χ1v) is 9.75. The highest BCUT2D eigenvalue weighted by Crippen LogP contribution is 2.29. The van der Waals surface area contributed by atoms with Crippen LogP contribution in [0.15, 0.2) is 36.4 Å². The van der Waals surface area contributed by atoms with E-state index in [9.17, 15) is 24.5 Å². The molecule has 9 nitrogen and oxygen atoms in total. The fraction of sp³-hybridized carbons (Fsp3) is 0.318. The Morgan fingerprint density at radius 3 is 2.58 bits per heavy atom. The molecule has 1 fully saturated rings. The van der Waals surface area contributed by atoms with Gasteiger partial charge in [0, 0.05) is 36.0 Å². The summed E-state index contributed by atoms with van der Waals surface area (Å²) in [6, 6.07) is 10.1. The number of hydrogen-bond acceptors (Lipinski definition) is 6. The summed E-state index contributed by atoms with van der Waals surface area (Å²) in [5.74, 6) is -2.10. The van der Waals surface area contributed by atoms with Crippen molar-refractivity contribution in [3.05, 3.63) is 63.2 Å². The van der Waals surface area contributed by atoms with Gasteiger partial charge in [-0.05, 0) is 44.0 Å². The van der Waals surface area contributed by atoms with Gasteiger partial charge in [-0.1, -0.05) is 18.2 Å². The van der Waals surface area contributed by atoms with Gasteiger partial charge in [0.15, 0.2) is 6.61 Å². The lowest BCUT2D eigenvalue weighted by Gasteiger charge is -2.19. The second kappa shape index (κ2) is 8.95. The average Bonchev–Trinajstić information content (AvgIpc) is 3.10. The maximum atomic E-state index is 12.4. The topological polar surface area (TPSA) is 119 Å². The van der Waals surface area contributed by atoms with Crippen molar-refractivity contribution in [1.29, 1.82) is 0 Å². The first-order chi connectivity index (χ1) is 14.7. The Kier molecular flexibility index (Phi) is 6.33. The molecule has 0 unspecified atom stereocenters. The molecule has 2 aromatic carbocycles. The van der Waals surface area contributed by atoms with E-state index in [-0.39, 0.29) is 30.2 Å². The molecule has 162 valence electrons. The molecular weight excluding hydrogens is 402 g/mol. The van der Waals surface area contributed by atoms with Gasteiger partial charge in [-0.3, -0.25) is 24.5 Å². The minimum atomic E-state index is -0.666. The van der Waals surface area contributed by atoms with Gasteiger partial charge in [0.1, 0.15) is 0 Å². The van der Waals surface area contributed by atoms with E-state index in [2.05, 4.69) is 5.32 Å². The molecule has 0 bridgehead atoms. The number of anilines is 2. The maximum Gasteiger partial charge on any atom is 0.311 e. The normalized spacial score (nSPS) is 15.6. The monoisotopic (exact) mass is 425 g/mol. The lowest BCUT2D eigenvalue weighted by atomic mass is 10.1. The smallest absolute Gasteiger partial charge is 0.311 e. The Morgan fingerprint density at radius 1 is 1.16 bits per heavy atom. The fourth-order valence-corrected chi connectivity index (χ4v) is 3.44. The standard InChI is InChI=1S/C22H23N3O6/c1-13-4-5-14(2)18(8-13)24-11-16(9-21(24)27)22(28)31-12-20(26)23-17-7-6-15(3)19(10-17)25(29)30/h4-8,10,16H,9,11-12H2,1-3H3,(H,23,26)/t16-/m1/s1. The number of benzene rings is 2. The van der Waals surface area contributed by atoms with Crippen LogP contribution < -0.4 is 10.2 Å². The van der Waals surface area contributed by atoms with Crippen molar-refractivity contribution in [3.8, 4) is 0 Å². The molecule has 0 radical (unpaired) electrons. The zero-order valence-corrected chi connectivity index (χ0v) is 17.5. The van der Waals surface area contributed by atoms with E-state index in [1.165, 1.54) is 18.2 Å². The minimum absolute atomic E-state index is 0.0119. The van der Waals surface area contributed by atoms with Crippen molar-refractivity contribution in [2.75, 3.05) is 23.4 Å². The van der Waals surface area contributed by atoms with E-state index in [0.29, 0.717) is 5.56 Å². The summed E-state index contributed by atoms with van der Waals surface area (Å²) in [6.45, 7) is 5.06. The molecule has 1 N–H and O–H groups in total. The van der Waals surface area contributed by atoms with Gasteiger partial charge in [0.2, 0.25) is 5.91 Å².